The summed E-state index contributed by atoms with van der Waals surface area (Å²) in [5.41, 5.74) is 1.33. The van der Waals surface area contributed by atoms with E-state index in [0.29, 0.717) is 43.7 Å². The number of hydrogen-bond donors (Lipinski definition) is 1. The molecule has 0 radical (unpaired) electrons. The third-order valence-electron chi connectivity index (χ3n) is 6.88. The maximum absolute atomic E-state index is 13.0. The second-order valence-corrected chi connectivity index (χ2v) is 11.1. The van der Waals surface area contributed by atoms with Crippen LogP contribution in [0.4, 0.5) is 0 Å². The average Bonchev–Trinajstić information content (AvgIpc) is 3.68. The van der Waals surface area contributed by atoms with E-state index in [2.05, 4.69) is 15.3 Å². The molecule has 2 aliphatic rings. The van der Waals surface area contributed by atoms with E-state index in [-0.39, 0.29) is 35.6 Å². The summed E-state index contributed by atoms with van der Waals surface area (Å²) >= 11 is 0. The number of amides is 2. The molecule has 2 aromatic heterocycles. The van der Waals surface area contributed by atoms with Crippen molar-refractivity contribution in [1.29, 1.82) is 0 Å². The quantitative estimate of drug-likeness (QED) is 0.408. The number of nitrogens with zero attached hydrogens (tertiary/aromatic N) is 4. The summed E-state index contributed by atoms with van der Waals surface area (Å²) in [4.78, 5) is 47.4. The van der Waals surface area contributed by atoms with E-state index in [4.69, 9.17) is 4.42 Å². The Balaban J connectivity index is 1.09. The van der Waals surface area contributed by atoms with E-state index in [0.717, 1.165) is 5.56 Å². The van der Waals surface area contributed by atoms with Crippen molar-refractivity contribution in [3.8, 4) is 11.3 Å². The van der Waals surface area contributed by atoms with Gasteiger partial charge in [-0.1, -0.05) is 18.2 Å². The van der Waals surface area contributed by atoms with Crippen molar-refractivity contribution < 1.29 is 27.2 Å². The lowest BCUT2D eigenvalue weighted by Crippen LogP contribution is -2.43. The van der Waals surface area contributed by atoms with Crippen LogP contribution in [0, 0.1) is 0 Å². The number of sulfonamides is 1. The molecule has 5 rings (SSSR count). The van der Waals surface area contributed by atoms with Gasteiger partial charge in [-0.25, -0.2) is 18.4 Å². The molecule has 0 bridgehead atoms. The molecule has 0 spiro atoms. The van der Waals surface area contributed by atoms with E-state index in [9.17, 15) is 22.8 Å². The summed E-state index contributed by atoms with van der Waals surface area (Å²) in [6, 6.07) is 10.2. The molecular formula is C26H27N5O6S. The van der Waals surface area contributed by atoms with Crippen LogP contribution in [-0.2, 0) is 19.6 Å². The minimum absolute atomic E-state index is 0.106. The Morgan fingerprint density at radius 2 is 1.92 bits per heavy atom. The number of pyridine rings is 1. The number of rotatable bonds is 9. The predicted octanol–water partition coefficient (Wildman–Crippen LogP) is 1.88. The summed E-state index contributed by atoms with van der Waals surface area (Å²) in [6.07, 6.45) is 6.07. The second kappa shape index (κ2) is 10.8. The van der Waals surface area contributed by atoms with Gasteiger partial charge >= 0.3 is 0 Å². The predicted molar refractivity (Wildman–Crippen MR) is 135 cm³/mol. The minimum Gasteiger partial charge on any atom is -0.444 e. The Labute approximate surface area is 219 Å². The van der Waals surface area contributed by atoms with Gasteiger partial charge in [0.2, 0.25) is 5.91 Å². The van der Waals surface area contributed by atoms with Crippen molar-refractivity contribution in [3.63, 3.8) is 0 Å². The van der Waals surface area contributed by atoms with E-state index >= 15 is 0 Å². The fourth-order valence-corrected chi connectivity index (χ4v) is 6.55. The summed E-state index contributed by atoms with van der Waals surface area (Å²) in [5, 5.41) is 2.74. The van der Waals surface area contributed by atoms with Gasteiger partial charge in [0.25, 0.3) is 15.9 Å². The molecule has 2 saturated heterocycles. The topological polar surface area (TPSA) is 143 Å². The number of nitrogens with one attached hydrogen (secondary N) is 1. The van der Waals surface area contributed by atoms with Gasteiger partial charge in [0.05, 0.1) is 18.8 Å². The standard InChI is InChI=1S/C26H27N5O6S/c32-21-16-31(38(35,36)23-5-1-3-12-28-23)20-11-14-30(25(20)21)24(33)6-2-4-13-29-26(34)19-9-7-18(8-10-19)22-15-27-17-37-22/h1,3,5,7-10,12,15,17,20,25H,2,4,6,11,13-14,16H2,(H,29,34). The zero-order chi connectivity index (χ0) is 26.7. The number of carbonyl (C=O) groups excluding carboxylic acids is 3. The van der Waals surface area contributed by atoms with Crippen molar-refractivity contribution in [1.82, 2.24) is 24.5 Å². The monoisotopic (exact) mass is 537 g/mol. The molecule has 3 aromatic rings. The third-order valence-corrected chi connectivity index (χ3v) is 8.66. The highest BCUT2D eigenvalue weighted by molar-refractivity contribution is 7.89. The van der Waals surface area contributed by atoms with E-state index in [1.54, 1.807) is 42.6 Å². The summed E-state index contributed by atoms with van der Waals surface area (Å²) in [5.74, 6) is -0.0550. The molecule has 2 aliphatic heterocycles. The highest BCUT2D eigenvalue weighted by Crippen LogP contribution is 2.34. The fraction of sp³-hybridized carbons (Fsp3) is 0.346. The Bertz CT molecular complexity index is 1410. The largest absolute Gasteiger partial charge is 0.444 e. The molecule has 2 fully saturated rings. The molecule has 0 saturated carbocycles. The molecule has 0 aliphatic carbocycles. The number of fused-ring (bicyclic) bond motifs is 1. The first-order valence-corrected chi connectivity index (χ1v) is 13.8. The number of benzene rings is 1. The first-order chi connectivity index (χ1) is 18.4. The van der Waals surface area contributed by atoms with Crippen LogP contribution in [0.1, 0.15) is 36.0 Å². The number of oxazole rings is 1. The number of ketones is 1. The third kappa shape index (κ3) is 5.09. The lowest BCUT2D eigenvalue weighted by atomic mass is 10.1. The first kappa shape index (κ1) is 25.7. The van der Waals surface area contributed by atoms with Gasteiger partial charge in [-0.3, -0.25) is 14.4 Å². The molecule has 2 unspecified atom stereocenters. The number of carbonyl (C=O) groups is 3. The number of hydrogen-bond acceptors (Lipinski definition) is 8. The Morgan fingerprint density at radius 3 is 2.63 bits per heavy atom. The van der Waals surface area contributed by atoms with Crippen LogP contribution in [0.15, 0.2) is 70.7 Å². The number of likely N-dealkylation sites (tertiary alicyclic amines) is 1. The molecular weight excluding hydrogens is 510 g/mol. The van der Waals surface area contributed by atoms with Crippen LogP contribution in [-0.4, -0.2) is 76.9 Å². The smallest absolute Gasteiger partial charge is 0.261 e. The van der Waals surface area contributed by atoms with Gasteiger partial charge in [0, 0.05) is 36.8 Å². The maximum Gasteiger partial charge on any atom is 0.261 e. The van der Waals surface area contributed by atoms with Crippen molar-refractivity contribution in [2.24, 2.45) is 0 Å². The van der Waals surface area contributed by atoms with Crippen molar-refractivity contribution in [2.75, 3.05) is 19.6 Å². The zero-order valence-electron chi connectivity index (χ0n) is 20.5. The molecule has 11 nitrogen and oxygen atoms in total. The van der Waals surface area contributed by atoms with Crippen molar-refractivity contribution in [3.05, 3.63) is 66.8 Å². The fourth-order valence-electron chi connectivity index (χ4n) is 4.99. The van der Waals surface area contributed by atoms with Crippen LogP contribution in [0.25, 0.3) is 11.3 Å². The number of unbranched alkanes of at least 4 members (excludes halogenated alkanes) is 1. The van der Waals surface area contributed by atoms with Crippen LogP contribution in [0.3, 0.4) is 0 Å². The first-order valence-electron chi connectivity index (χ1n) is 12.4. The summed E-state index contributed by atoms with van der Waals surface area (Å²) in [7, 11) is -3.93. The van der Waals surface area contributed by atoms with Crippen molar-refractivity contribution >= 4 is 27.6 Å². The van der Waals surface area contributed by atoms with Gasteiger partial charge in [-0.05, 0) is 43.5 Å². The number of aromatic nitrogens is 2. The van der Waals surface area contributed by atoms with Crippen LogP contribution >= 0.6 is 0 Å². The zero-order valence-corrected chi connectivity index (χ0v) is 21.3. The maximum atomic E-state index is 13.0. The molecule has 12 heteroatoms. The van der Waals surface area contributed by atoms with Crippen molar-refractivity contribution in [2.45, 2.75) is 42.8 Å². The van der Waals surface area contributed by atoms with Gasteiger partial charge < -0.3 is 14.6 Å². The van der Waals surface area contributed by atoms with E-state index in [1.807, 2.05) is 0 Å². The Kier molecular flexibility index (Phi) is 7.34. The molecule has 198 valence electrons. The van der Waals surface area contributed by atoms with E-state index in [1.165, 1.54) is 27.9 Å². The molecule has 38 heavy (non-hydrogen) atoms. The molecule has 4 heterocycles. The Morgan fingerprint density at radius 1 is 1.11 bits per heavy atom. The van der Waals surface area contributed by atoms with Gasteiger partial charge in [-0.2, -0.15) is 4.31 Å². The highest BCUT2D eigenvalue weighted by atomic mass is 32.2. The molecule has 1 aromatic carbocycles. The normalized spacial score (nSPS) is 19.5. The van der Waals surface area contributed by atoms with Crippen LogP contribution in [0.2, 0.25) is 0 Å². The lowest BCUT2D eigenvalue weighted by Gasteiger charge is -2.24. The van der Waals surface area contributed by atoms with Gasteiger partial charge in [0.1, 0.15) is 6.04 Å². The Hall–Kier alpha value is -3.90. The second-order valence-electron chi connectivity index (χ2n) is 9.23. The van der Waals surface area contributed by atoms with Gasteiger partial charge in [-0.15, -0.1) is 0 Å². The van der Waals surface area contributed by atoms with E-state index < -0.39 is 22.1 Å². The summed E-state index contributed by atoms with van der Waals surface area (Å²) in [6.45, 7) is 0.468. The molecule has 2 atom stereocenters. The minimum atomic E-state index is -3.93. The number of Topliss-reactive ketones (excluding diaryl/α,β-unsaturated/α-hetero) is 1. The highest BCUT2D eigenvalue weighted by Gasteiger charge is 2.53. The van der Waals surface area contributed by atoms with Gasteiger partial charge in [0.15, 0.2) is 23.0 Å². The van der Waals surface area contributed by atoms with Crippen LogP contribution in [0.5, 0.6) is 0 Å². The van der Waals surface area contributed by atoms with Crippen LogP contribution < -0.4 is 5.32 Å². The lowest BCUT2D eigenvalue weighted by molar-refractivity contribution is -0.136. The summed E-state index contributed by atoms with van der Waals surface area (Å²) < 4.78 is 32.5. The SMILES string of the molecule is O=C(NCCCCC(=O)N1CCC2C1C(=O)CN2S(=O)(=O)c1ccccn1)c1ccc(-c2cnco2)cc1. The average molecular weight is 538 g/mol. The molecule has 2 amide bonds. The molecule has 1 N–H and O–H groups in total.